The van der Waals surface area contributed by atoms with E-state index in [1.165, 1.54) is 31.2 Å². The molecule has 0 amide bonds. The van der Waals surface area contributed by atoms with Crippen molar-refractivity contribution in [3.05, 3.63) is 29.8 Å². The van der Waals surface area contributed by atoms with Crippen molar-refractivity contribution in [2.75, 3.05) is 27.2 Å². The lowest BCUT2D eigenvalue weighted by Crippen LogP contribution is -2.42. The number of hydrogen-bond acceptors (Lipinski definition) is 3. The molecule has 0 aliphatic heterocycles. The highest BCUT2D eigenvalue weighted by Crippen LogP contribution is 2.26. The predicted octanol–water partition coefficient (Wildman–Crippen LogP) is 3.22. The zero-order valence-corrected chi connectivity index (χ0v) is 13.1. The van der Waals surface area contributed by atoms with Gasteiger partial charge >= 0.3 is 0 Å². The summed E-state index contributed by atoms with van der Waals surface area (Å²) in [5, 5.41) is 3.67. The van der Waals surface area contributed by atoms with Gasteiger partial charge in [0.25, 0.3) is 0 Å². The molecular formula is C17H28N2O. The Balaban J connectivity index is 2.00. The average molecular weight is 276 g/mol. The van der Waals surface area contributed by atoms with Gasteiger partial charge in [0.2, 0.25) is 0 Å². The van der Waals surface area contributed by atoms with Gasteiger partial charge in [-0.3, -0.25) is 0 Å². The Labute approximate surface area is 123 Å². The Bertz CT molecular complexity index is 386. The molecule has 0 saturated heterocycles. The predicted molar refractivity (Wildman–Crippen MR) is 84.3 cm³/mol. The second-order valence-corrected chi connectivity index (χ2v) is 5.80. The van der Waals surface area contributed by atoms with Crippen molar-refractivity contribution in [2.24, 2.45) is 0 Å². The lowest BCUT2D eigenvalue weighted by Gasteiger charge is -2.37. The summed E-state index contributed by atoms with van der Waals surface area (Å²) in [5.74, 6) is 0.926. The molecule has 0 aromatic heterocycles. The van der Waals surface area contributed by atoms with Crippen LogP contribution in [0.5, 0.6) is 5.75 Å². The van der Waals surface area contributed by atoms with E-state index in [-0.39, 0.29) is 0 Å². The molecule has 0 bridgehead atoms. The highest BCUT2D eigenvalue weighted by Gasteiger charge is 2.24. The van der Waals surface area contributed by atoms with Crippen LogP contribution >= 0.6 is 0 Å². The highest BCUT2D eigenvalue weighted by atomic mass is 16.5. The maximum absolute atomic E-state index is 5.25. The molecule has 20 heavy (non-hydrogen) atoms. The Hall–Kier alpha value is -1.06. The van der Waals surface area contributed by atoms with Crippen LogP contribution in [0.3, 0.4) is 0 Å². The monoisotopic (exact) mass is 276 g/mol. The fourth-order valence-electron chi connectivity index (χ4n) is 2.71. The molecule has 1 aromatic rings. The molecule has 1 saturated carbocycles. The minimum atomic E-state index is 0.409. The minimum Gasteiger partial charge on any atom is -0.497 e. The van der Waals surface area contributed by atoms with E-state index < -0.39 is 0 Å². The summed E-state index contributed by atoms with van der Waals surface area (Å²) in [5.41, 5.74) is 1.35. The molecule has 3 heteroatoms. The van der Waals surface area contributed by atoms with Gasteiger partial charge in [-0.1, -0.05) is 25.5 Å². The number of benzene rings is 1. The van der Waals surface area contributed by atoms with Crippen molar-refractivity contribution in [3.63, 3.8) is 0 Å². The van der Waals surface area contributed by atoms with Crippen LogP contribution in [0.4, 0.5) is 0 Å². The third-order valence-corrected chi connectivity index (χ3v) is 4.33. The SMILES string of the molecule is CCCNC(CN(C)C1CCC1)c1ccc(OC)cc1. The number of methoxy groups -OCH3 is 1. The fourth-order valence-corrected chi connectivity index (χ4v) is 2.71. The Kier molecular flexibility index (Phi) is 5.86. The van der Waals surface area contributed by atoms with Gasteiger partial charge in [0, 0.05) is 18.6 Å². The Morgan fingerprint density at radius 3 is 2.50 bits per heavy atom. The maximum Gasteiger partial charge on any atom is 0.118 e. The average Bonchev–Trinajstić information content (AvgIpc) is 2.41. The zero-order chi connectivity index (χ0) is 14.4. The van der Waals surface area contributed by atoms with Gasteiger partial charge in [0.05, 0.1) is 7.11 Å². The van der Waals surface area contributed by atoms with Gasteiger partial charge in [0.15, 0.2) is 0 Å². The minimum absolute atomic E-state index is 0.409. The zero-order valence-electron chi connectivity index (χ0n) is 13.1. The van der Waals surface area contributed by atoms with E-state index in [2.05, 4.69) is 48.5 Å². The van der Waals surface area contributed by atoms with Gasteiger partial charge < -0.3 is 15.0 Å². The van der Waals surface area contributed by atoms with Crippen molar-refractivity contribution >= 4 is 0 Å². The molecule has 1 aliphatic carbocycles. The lowest BCUT2D eigenvalue weighted by molar-refractivity contribution is 0.145. The van der Waals surface area contributed by atoms with Gasteiger partial charge in [-0.05, 0) is 50.6 Å². The van der Waals surface area contributed by atoms with Crippen LogP contribution < -0.4 is 10.1 Å². The van der Waals surface area contributed by atoms with Crippen LogP contribution in [-0.2, 0) is 0 Å². The van der Waals surface area contributed by atoms with Gasteiger partial charge in [-0.25, -0.2) is 0 Å². The van der Waals surface area contributed by atoms with Crippen molar-refractivity contribution in [1.29, 1.82) is 0 Å². The number of nitrogens with zero attached hydrogens (tertiary/aromatic N) is 1. The van der Waals surface area contributed by atoms with E-state index in [0.717, 1.165) is 24.9 Å². The number of likely N-dealkylation sites (N-methyl/N-ethyl adjacent to an activating group) is 1. The summed E-state index contributed by atoms with van der Waals surface area (Å²) in [7, 11) is 3.97. The smallest absolute Gasteiger partial charge is 0.118 e. The number of rotatable bonds is 8. The van der Waals surface area contributed by atoms with Crippen LogP contribution in [0.1, 0.15) is 44.2 Å². The standard InChI is InChI=1S/C17H28N2O/c1-4-12-18-17(13-19(2)15-6-5-7-15)14-8-10-16(20-3)11-9-14/h8-11,15,17-18H,4-7,12-13H2,1-3H3. The fraction of sp³-hybridized carbons (Fsp3) is 0.647. The topological polar surface area (TPSA) is 24.5 Å². The molecule has 1 unspecified atom stereocenters. The van der Waals surface area contributed by atoms with Crippen molar-refractivity contribution in [1.82, 2.24) is 10.2 Å². The Morgan fingerprint density at radius 1 is 1.30 bits per heavy atom. The van der Waals surface area contributed by atoms with Crippen LogP contribution in [-0.4, -0.2) is 38.2 Å². The number of hydrogen-bond donors (Lipinski definition) is 1. The van der Waals surface area contributed by atoms with Crippen molar-refractivity contribution in [2.45, 2.75) is 44.7 Å². The molecule has 0 heterocycles. The Morgan fingerprint density at radius 2 is 2.00 bits per heavy atom. The first-order chi connectivity index (χ1) is 9.74. The largest absolute Gasteiger partial charge is 0.497 e. The molecule has 2 rings (SSSR count). The second kappa shape index (κ2) is 7.65. The summed E-state index contributed by atoms with van der Waals surface area (Å²) in [6.45, 7) is 4.36. The normalized spacial score (nSPS) is 17.0. The van der Waals surface area contributed by atoms with Crippen molar-refractivity contribution < 1.29 is 4.74 Å². The first kappa shape index (κ1) is 15.3. The quantitative estimate of drug-likeness (QED) is 0.789. The van der Waals surface area contributed by atoms with E-state index >= 15 is 0 Å². The molecule has 3 nitrogen and oxygen atoms in total. The molecule has 1 N–H and O–H groups in total. The van der Waals surface area contributed by atoms with E-state index in [1.54, 1.807) is 7.11 Å². The van der Waals surface area contributed by atoms with E-state index in [0.29, 0.717) is 6.04 Å². The molecule has 112 valence electrons. The maximum atomic E-state index is 5.25. The van der Waals surface area contributed by atoms with E-state index in [4.69, 9.17) is 4.74 Å². The van der Waals surface area contributed by atoms with Gasteiger partial charge in [-0.15, -0.1) is 0 Å². The lowest BCUT2D eigenvalue weighted by atomic mass is 9.91. The third-order valence-electron chi connectivity index (χ3n) is 4.33. The summed E-state index contributed by atoms with van der Waals surface area (Å²) < 4.78 is 5.25. The first-order valence-electron chi connectivity index (χ1n) is 7.82. The summed E-state index contributed by atoms with van der Waals surface area (Å²) in [6, 6.07) is 9.67. The summed E-state index contributed by atoms with van der Waals surface area (Å²) in [4.78, 5) is 2.51. The van der Waals surface area contributed by atoms with Crippen LogP contribution in [0.15, 0.2) is 24.3 Å². The third kappa shape index (κ3) is 3.97. The van der Waals surface area contributed by atoms with Crippen LogP contribution in [0.2, 0.25) is 0 Å². The van der Waals surface area contributed by atoms with E-state index in [9.17, 15) is 0 Å². The molecule has 0 radical (unpaired) electrons. The van der Waals surface area contributed by atoms with Crippen LogP contribution in [0.25, 0.3) is 0 Å². The molecule has 0 spiro atoms. The second-order valence-electron chi connectivity index (χ2n) is 5.80. The molecular weight excluding hydrogens is 248 g/mol. The molecule has 1 aromatic carbocycles. The number of ether oxygens (including phenoxy) is 1. The van der Waals surface area contributed by atoms with Crippen molar-refractivity contribution in [3.8, 4) is 5.75 Å². The molecule has 1 aliphatic rings. The molecule has 1 fully saturated rings. The van der Waals surface area contributed by atoms with Gasteiger partial charge in [-0.2, -0.15) is 0 Å². The summed E-state index contributed by atoms with van der Waals surface area (Å²) >= 11 is 0. The van der Waals surface area contributed by atoms with Crippen LogP contribution in [0, 0.1) is 0 Å². The molecule has 1 atom stereocenters. The van der Waals surface area contributed by atoms with Gasteiger partial charge in [0.1, 0.15) is 5.75 Å². The first-order valence-corrected chi connectivity index (χ1v) is 7.82. The number of nitrogens with one attached hydrogen (secondary N) is 1. The van der Waals surface area contributed by atoms with E-state index in [1.807, 2.05) is 0 Å². The highest BCUT2D eigenvalue weighted by molar-refractivity contribution is 5.29. The summed E-state index contributed by atoms with van der Waals surface area (Å²) in [6.07, 6.45) is 5.28.